The molecule has 1 aliphatic heterocycles. The summed E-state index contributed by atoms with van der Waals surface area (Å²) >= 11 is 5.59. The first kappa shape index (κ1) is 10.8. The number of ether oxygens (including phenoxy) is 1. The van der Waals surface area contributed by atoms with Gasteiger partial charge >= 0.3 is 0 Å². The number of hydrogen-bond donors (Lipinski definition) is 1. The smallest absolute Gasteiger partial charge is 0.225 e. The van der Waals surface area contributed by atoms with Gasteiger partial charge in [0.05, 0.1) is 18.6 Å². The summed E-state index contributed by atoms with van der Waals surface area (Å²) in [6.45, 7) is 4.42. The van der Waals surface area contributed by atoms with Gasteiger partial charge in [-0.1, -0.05) is 0 Å². The molecule has 0 aromatic rings. The molecule has 13 heavy (non-hydrogen) atoms. The number of rotatable bonds is 3. The summed E-state index contributed by atoms with van der Waals surface area (Å²) < 4.78 is 5.31. The van der Waals surface area contributed by atoms with E-state index < -0.39 is 0 Å². The Morgan fingerprint density at radius 2 is 2.46 bits per heavy atom. The number of halogens is 1. The molecule has 4 heteroatoms. The van der Waals surface area contributed by atoms with E-state index in [1.165, 1.54) is 0 Å². The SMILES string of the molecule is CC(CCl)NC(=O)C1COC(C)C1. The lowest BCUT2D eigenvalue weighted by atomic mass is 10.1. The highest BCUT2D eigenvalue weighted by Crippen LogP contribution is 2.19. The Morgan fingerprint density at radius 1 is 1.77 bits per heavy atom. The summed E-state index contributed by atoms with van der Waals surface area (Å²) in [5.41, 5.74) is 0. The highest BCUT2D eigenvalue weighted by molar-refractivity contribution is 6.18. The lowest BCUT2D eigenvalue weighted by Gasteiger charge is -2.13. The van der Waals surface area contributed by atoms with Crippen molar-refractivity contribution in [2.24, 2.45) is 5.92 Å². The molecule has 1 N–H and O–H groups in total. The largest absolute Gasteiger partial charge is 0.378 e. The van der Waals surface area contributed by atoms with Crippen LogP contribution in [0.2, 0.25) is 0 Å². The van der Waals surface area contributed by atoms with Crippen LogP contribution < -0.4 is 5.32 Å². The number of alkyl halides is 1. The van der Waals surface area contributed by atoms with Crippen molar-refractivity contribution in [3.8, 4) is 0 Å². The highest BCUT2D eigenvalue weighted by atomic mass is 35.5. The van der Waals surface area contributed by atoms with Crippen LogP contribution in [0.25, 0.3) is 0 Å². The average molecular weight is 206 g/mol. The first-order valence-electron chi connectivity index (χ1n) is 4.61. The molecule has 3 unspecified atom stereocenters. The van der Waals surface area contributed by atoms with Gasteiger partial charge < -0.3 is 10.1 Å². The molecular weight excluding hydrogens is 190 g/mol. The third-order valence-corrected chi connectivity index (χ3v) is 2.65. The Morgan fingerprint density at radius 3 is 2.92 bits per heavy atom. The van der Waals surface area contributed by atoms with Crippen LogP contribution in [-0.4, -0.2) is 30.5 Å². The molecule has 1 heterocycles. The normalized spacial score (nSPS) is 30.1. The molecule has 0 bridgehead atoms. The molecule has 1 saturated heterocycles. The first-order chi connectivity index (χ1) is 6.13. The van der Waals surface area contributed by atoms with E-state index in [4.69, 9.17) is 16.3 Å². The number of carbonyl (C=O) groups is 1. The fourth-order valence-electron chi connectivity index (χ4n) is 1.40. The molecule has 0 aliphatic carbocycles. The van der Waals surface area contributed by atoms with Gasteiger partial charge in [-0.05, 0) is 20.3 Å². The summed E-state index contributed by atoms with van der Waals surface area (Å²) in [7, 11) is 0. The molecule has 1 amide bonds. The van der Waals surface area contributed by atoms with Crippen LogP contribution in [0.5, 0.6) is 0 Å². The second-order valence-corrected chi connectivity index (χ2v) is 3.95. The molecular formula is C9H16ClNO2. The van der Waals surface area contributed by atoms with Crippen molar-refractivity contribution in [2.45, 2.75) is 32.4 Å². The second-order valence-electron chi connectivity index (χ2n) is 3.64. The zero-order valence-corrected chi connectivity index (χ0v) is 8.80. The maximum atomic E-state index is 11.5. The fourth-order valence-corrected chi connectivity index (χ4v) is 1.48. The van der Waals surface area contributed by atoms with Crippen molar-refractivity contribution in [1.82, 2.24) is 5.32 Å². The summed E-state index contributed by atoms with van der Waals surface area (Å²) in [6.07, 6.45) is 1.03. The Bertz CT molecular complexity index is 186. The van der Waals surface area contributed by atoms with Gasteiger partial charge in [0.25, 0.3) is 0 Å². The van der Waals surface area contributed by atoms with Crippen LogP contribution in [0.1, 0.15) is 20.3 Å². The molecule has 1 rings (SSSR count). The molecule has 1 aliphatic rings. The molecule has 0 saturated carbocycles. The summed E-state index contributed by atoms with van der Waals surface area (Å²) in [5, 5.41) is 2.84. The van der Waals surface area contributed by atoms with Crippen LogP contribution in [0.3, 0.4) is 0 Å². The fraction of sp³-hybridized carbons (Fsp3) is 0.889. The van der Waals surface area contributed by atoms with E-state index in [9.17, 15) is 4.79 Å². The summed E-state index contributed by atoms with van der Waals surface area (Å²) in [4.78, 5) is 11.5. The molecule has 1 fully saturated rings. The molecule has 3 atom stereocenters. The van der Waals surface area contributed by atoms with Crippen molar-refractivity contribution < 1.29 is 9.53 Å². The van der Waals surface area contributed by atoms with Crippen molar-refractivity contribution >= 4 is 17.5 Å². The number of nitrogens with one attached hydrogen (secondary N) is 1. The van der Waals surface area contributed by atoms with Crippen molar-refractivity contribution in [2.75, 3.05) is 12.5 Å². The molecule has 0 aromatic heterocycles. The monoisotopic (exact) mass is 205 g/mol. The van der Waals surface area contributed by atoms with E-state index in [1.807, 2.05) is 13.8 Å². The third-order valence-electron chi connectivity index (χ3n) is 2.19. The Labute approximate surface area is 83.8 Å². The number of carbonyl (C=O) groups excluding carboxylic acids is 1. The lowest BCUT2D eigenvalue weighted by molar-refractivity contribution is -0.125. The average Bonchev–Trinajstić information content (AvgIpc) is 2.51. The van der Waals surface area contributed by atoms with Crippen LogP contribution in [0.4, 0.5) is 0 Å². The van der Waals surface area contributed by atoms with E-state index >= 15 is 0 Å². The van der Waals surface area contributed by atoms with Crippen LogP contribution in [-0.2, 0) is 9.53 Å². The Hall–Kier alpha value is -0.280. The van der Waals surface area contributed by atoms with Gasteiger partial charge in [0.15, 0.2) is 0 Å². The second kappa shape index (κ2) is 4.82. The van der Waals surface area contributed by atoms with Crippen molar-refractivity contribution in [3.05, 3.63) is 0 Å². The van der Waals surface area contributed by atoms with Crippen molar-refractivity contribution in [3.63, 3.8) is 0 Å². The molecule has 3 nitrogen and oxygen atoms in total. The van der Waals surface area contributed by atoms with Gasteiger partial charge in [-0.25, -0.2) is 0 Å². The lowest BCUT2D eigenvalue weighted by Crippen LogP contribution is -2.38. The topological polar surface area (TPSA) is 38.3 Å². The van der Waals surface area contributed by atoms with E-state index in [0.29, 0.717) is 12.5 Å². The quantitative estimate of drug-likeness (QED) is 0.703. The van der Waals surface area contributed by atoms with Gasteiger partial charge in [-0.3, -0.25) is 4.79 Å². The summed E-state index contributed by atoms with van der Waals surface area (Å²) in [5.74, 6) is 0.535. The Balaban J connectivity index is 2.31. The van der Waals surface area contributed by atoms with Gasteiger partial charge in [0, 0.05) is 11.9 Å². The first-order valence-corrected chi connectivity index (χ1v) is 5.15. The Kier molecular flexibility index (Phi) is 4.00. The maximum Gasteiger partial charge on any atom is 0.225 e. The van der Waals surface area contributed by atoms with Crippen LogP contribution in [0, 0.1) is 5.92 Å². The van der Waals surface area contributed by atoms with Gasteiger partial charge in [0.2, 0.25) is 5.91 Å². The minimum absolute atomic E-state index is 0.0145. The van der Waals surface area contributed by atoms with Crippen LogP contribution >= 0.6 is 11.6 Å². The van der Waals surface area contributed by atoms with E-state index in [-0.39, 0.29) is 24.0 Å². The molecule has 0 aromatic carbocycles. The van der Waals surface area contributed by atoms with Crippen molar-refractivity contribution in [1.29, 1.82) is 0 Å². The van der Waals surface area contributed by atoms with Gasteiger partial charge in [0.1, 0.15) is 0 Å². The third kappa shape index (κ3) is 3.16. The zero-order valence-electron chi connectivity index (χ0n) is 8.05. The predicted octanol–water partition coefficient (Wildman–Crippen LogP) is 1.15. The highest BCUT2D eigenvalue weighted by Gasteiger charge is 2.28. The predicted molar refractivity (Wildman–Crippen MR) is 51.8 cm³/mol. The number of amides is 1. The minimum Gasteiger partial charge on any atom is -0.378 e. The molecule has 76 valence electrons. The van der Waals surface area contributed by atoms with Crippen LogP contribution in [0.15, 0.2) is 0 Å². The van der Waals surface area contributed by atoms with E-state index in [1.54, 1.807) is 0 Å². The van der Waals surface area contributed by atoms with Gasteiger partial charge in [-0.2, -0.15) is 0 Å². The van der Waals surface area contributed by atoms with Gasteiger partial charge in [-0.15, -0.1) is 11.6 Å². The minimum atomic E-state index is 0.0145. The zero-order chi connectivity index (χ0) is 9.84. The molecule has 0 radical (unpaired) electrons. The van der Waals surface area contributed by atoms with E-state index in [0.717, 1.165) is 6.42 Å². The molecule has 0 spiro atoms. The standard InChI is InChI=1S/C9H16ClNO2/c1-6(4-10)11-9(12)8-3-7(2)13-5-8/h6-8H,3-5H2,1-2H3,(H,11,12). The summed E-state index contributed by atoms with van der Waals surface area (Å²) in [6, 6.07) is 0.0464. The van der Waals surface area contributed by atoms with E-state index in [2.05, 4.69) is 5.32 Å². The maximum absolute atomic E-state index is 11.5. The number of hydrogen-bond acceptors (Lipinski definition) is 2.